The van der Waals surface area contributed by atoms with Crippen LogP contribution in [0.5, 0.6) is 0 Å². The summed E-state index contributed by atoms with van der Waals surface area (Å²) in [5.74, 6) is -0.123. The maximum atomic E-state index is 11.5. The Hall–Kier alpha value is -0.770. The second-order valence-corrected chi connectivity index (χ2v) is 4.11. The molecule has 1 atom stereocenters. The smallest absolute Gasteiger partial charge is 0.237 e. The first-order valence-electron chi connectivity index (χ1n) is 5.41. The largest absolute Gasteiger partial charge is 0.351 e. The van der Waals surface area contributed by atoms with Gasteiger partial charge in [0.15, 0.2) is 0 Å². The third kappa shape index (κ3) is 5.39. The van der Waals surface area contributed by atoms with Gasteiger partial charge in [-0.05, 0) is 18.1 Å². The summed E-state index contributed by atoms with van der Waals surface area (Å²) in [5, 5.41) is 3.44. The molecule has 3 nitrogen and oxygen atoms in total. The van der Waals surface area contributed by atoms with Gasteiger partial charge in [-0.15, -0.1) is 12.4 Å². The van der Waals surface area contributed by atoms with Gasteiger partial charge in [0.1, 0.15) is 0 Å². The van der Waals surface area contributed by atoms with E-state index >= 15 is 0 Å². The van der Waals surface area contributed by atoms with Crippen molar-refractivity contribution in [3.05, 3.63) is 34.9 Å². The first-order valence-corrected chi connectivity index (χ1v) is 5.79. The first kappa shape index (κ1) is 16.2. The van der Waals surface area contributed by atoms with Crippen molar-refractivity contribution in [2.45, 2.75) is 32.4 Å². The van der Waals surface area contributed by atoms with E-state index in [9.17, 15) is 4.79 Å². The molecule has 1 rings (SSSR count). The average molecular weight is 277 g/mol. The molecular formula is C12H18Cl2N2O. The van der Waals surface area contributed by atoms with E-state index in [1.54, 1.807) is 6.07 Å². The molecule has 5 heteroatoms. The second kappa shape index (κ2) is 8.34. The predicted molar refractivity (Wildman–Crippen MR) is 73.4 cm³/mol. The van der Waals surface area contributed by atoms with Crippen molar-refractivity contribution >= 4 is 29.9 Å². The van der Waals surface area contributed by atoms with Crippen molar-refractivity contribution in [3.8, 4) is 0 Å². The Morgan fingerprint density at radius 3 is 2.71 bits per heavy atom. The van der Waals surface area contributed by atoms with Crippen LogP contribution in [0.15, 0.2) is 24.3 Å². The van der Waals surface area contributed by atoms with E-state index in [0.717, 1.165) is 12.0 Å². The summed E-state index contributed by atoms with van der Waals surface area (Å²) in [6.07, 6.45) is 1.61. The van der Waals surface area contributed by atoms with E-state index in [2.05, 4.69) is 5.32 Å². The van der Waals surface area contributed by atoms with E-state index in [4.69, 9.17) is 17.3 Å². The van der Waals surface area contributed by atoms with Gasteiger partial charge in [-0.3, -0.25) is 4.79 Å². The number of rotatable bonds is 5. The van der Waals surface area contributed by atoms with Crippen LogP contribution in [0.25, 0.3) is 0 Å². The van der Waals surface area contributed by atoms with Crippen molar-refractivity contribution in [1.29, 1.82) is 0 Å². The quantitative estimate of drug-likeness (QED) is 0.868. The van der Waals surface area contributed by atoms with Gasteiger partial charge in [-0.2, -0.15) is 0 Å². The SMILES string of the molecule is CCCC(N)C(=O)NCc1ccccc1Cl.Cl. The third-order valence-corrected chi connectivity index (χ3v) is 2.72. The zero-order chi connectivity index (χ0) is 12.0. The number of hydrogen-bond donors (Lipinski definition) is 2. The fourth-order valence-corrected chi connectivity index (χ4v) is 1.60. The lowest BCUT2D eigenvalue weighted by Crippen LogP contribution is -2.40. The van der Waals surface area contributed by atoms with Crippen LogP contribution in [0.2, 0.25) is 5.02 Å². The van der Waals surface area contributed by atoms with E-state index < -0.39 is 6.04 Å². The molecule has 0 heterocycles. The highest BCUT2D eigenvalue weighted by molar-refractivity contribution is 6.31. The Morgan fingerprint density at radius 1 is 1.47 bits per heavy atom. The Bertz CT molecular complexity index is 358. The highest BCUT2D eigenvalue weighted by Gasteiger charge is 2.11. The number of nitrogens with two attached hydrogens (primary N) is 1. The van der Waals surface area contributed by atoms with Crippen molar-refractivity contribution in [2.24, 2.45) is 5.73 Å². The van der Waals surface area contributed by atoms with Crippen molar-refractivity contribution in [2.75, 3.05) is 0 Å². The standard InChI is InChI=1S/C12H17ClN2O.ClH/c1-2-5-11(14)12(16)15-8-9-6-3-4-7-10(9)13;/h3-4,6-7,11H,2,5,8,14H2,1H3,(H,15,16);1H. The average Bonchev–Trinajstić information content (AvgIpc) is 2.28. The van der Waals surface area contributed by atoms with E-state index in [1.165, 1.54) is 0 Å². The summed E-state index contributed by atoms with van der Waals surface area (Å²) in [5.41, 5.74) is 6.59. The second-order valence-electron chi connectivity index (χ2n) is 3.70. The maximum absolute atomic E-state index is 11.5. The molecular weight excluding hydrogens is 259 g/mol. The molecule has 1 amide bonds. The van der Waals surface area contributed by atoms with Gasteiger partial charge < -0.3 is 11.1 Å². The van der Waals surface area contributed by atoms with Gasteiger partial charge in [0, 0.05) is 11.6 Å². The lowest BCUT2D eigenvalue weighted by Gasteiger charge is -2.11. The van der Waals surface area contributed by atoms with Gasteiger partial charge in [-0.1, -0.05) is 43.1 Å². The highest BCUT2D eigenvalue weighted by atomic mass is 35.5. The van der Waals surface area contributed by atoms with Gasteiger partial charge in [-0.25, -0.2) is 0 Å². The topological polar surface area (TPSA) is 55.1 Å². The molecule has 0 radical (unpaired) electrons. The molecule has 96 valence electrons. The molecule has 0 saturated carbocycles. The molecule has 0 aliphatic rings. The number of amides is 1. The van der Waals surface area contributed by atoms with Crippen LogP contribution in [-0.2, 0) is 11.3 Å². The molecule has 1 aromatic rings. The number of benzene rings is 1. The van der Waals surface area contributed by atoms with Gasteiger partial charge >= 0.3 is 0 Å². The first-order chi connectivity index (χ1) is 7.65. The lowest BCUT2D eigenvalue weighted by molar-refractivity contribution is -0.122. The molecule has 0 aromatic heterocycles. The lowest BCUT2D eigenvalue weighted by atomic mass is 10.1. The fraction of sp³-hybridized carbons (Fsp3) is 0.417. The van der Waals surface area contributed by atoms with Crippen LogP contribution in [0.4, 0.5) is 0 Å². The highest BCUT2D eigenvalue weighted by Crippen LogP contribution is 2.14. The summed E-state index contributed by atoms with van der Waals surface area (Å²) in [4.78, 5) is 11.5. The van der Waals surface area contributed by atoms with Crippen molar-refractivity contribution < 1.29 is 4.79 Å². The summed E-state index contributed by atoms with van der Waals surface area (Å²) in [6, 6.07) is 7.01. The van der Waals surface area contributed by atoms with Crippen molar-refractivity contribution in [1.82, 2.24) is 5.32 Å². The molecule has 3 N–H and O–H groups in total. The van der Waals surface area contributed by atoms with Crippen LogP contribution in [0, 0.1) is 0 Å². The minimum atomic E-state index is -0.424. The zero-order valence-corrected chi connectivity index (χ0v) is 11.4. The third-order valence-electron chi connectivity index (χ3n) is 2.35. The zero-order valence-electron chi connectivity index (χ0n) is 9.78. The molecule has 17 heavy (non-hydrogen) atoms. The Balaban J connectivity index is 0.00000256. The molecule has 1 aromatic carbocycles. The number of carbonyl (C=O) groups excluding carboxylic acids is 1. The number of carbonyl (C=O) groups is 1. The molecule has 0 aliphatic carbocycles. The Labute approximate surface area is 113 Å². The van der Waals surface area contributed by atoms with Gasteiger partial charge in [0.25, 0.3) is 0 Å². The van der Waals surface area contributed by atoms with E-state index in [0.29, 0.717) is 18.0 Å². The minimum absolute atomic E-state index is 0. The summed E-state index contributed by atoms with van der Waals surface area (Å²) in [7, 11) is 0. The molecule has 0 fully saturated rings. The van der Waals surface area contributed by atoms with Gasteiger partial charge in [0.2, 0.25) is 5.91 Å². The van der Waals surface area contributed by atoms with Gasteiger partial charge in [0.05, 0.1) is 6.04 Å². The van der Waals surface area contributed by atoms with E-state index in [-0.39, 0.29) is 18.3 Å². The fourth-order valence-electron chi connectivity index (χ4n) is 1.40. The van der Waals surface area contributed by atoms with E-state index in [1.807, 2.05) is 25.1 Å². The summed E-state index contributed by atoms with van der Waals surface area (Å²) >= 11 is 5.97. The van der Waals surface area contributed by atoms with Crippen LogP contribution in [0.3, 0.4) is 0 Å². The predicted octanol–water partition coefficient (Wildman–Crippen LogP) is 2.51. The molecule has 0 bridgehead atoms. The minimum Gasteiger partial charge on any atom is -0.351 e. The normalized spacial score (nSPS) is 11.5. The summed E-state index contributed by atoms with van der Waals surface area (Å²) in [6.45, 7) is 2.43. The number of halogens is 2. The van der Waals surface area contributed by atoms with Crippen LogP contribution in [-0.4, -0.2) is 11.9 Å². The van der Waals surface area contributed by atoms with Crippen molar-refractivity contribution in [3.63, 3.8) is 0 Å². The maximum Gasteiger partial charge on any atom is 0.237 e. The van der Waals surface area contributed by atoms with Crippen LogP contribution < -0.4 is 11.1 Å². The molecule has 0 spiro atoms. The Morgan fingerprint density at radius 2 is 2.12 bits per heavy atom. The number of nitrogens with one attached hydrogen (secondary N) is 1. The molecule has 0 aliphatic heterocycles. The van der Waals surface area contributed by atoms with Crippen LogP contribution >= 0.6 is 24.0 Å². The monoisotopic (exact) mass is 276 g/mol. The Kier molecular flexibility index (Phi) is 7.96. The summed E-state index contributed by atoms with van der Waals surface area (Å²) < 4.78 is 0. The molecule has 0 saturated heterocycles. The number of hydrogen-bond acceptors (Lipinski definition) is 2. The molecule has 1 unspecified atom stereocenters. The van der Waals surface area contributed by atoms with Crippen LogP contribution in [0.1, 0.15) is 25.3 Å².